The van der Waals surface area contributed by atoms with Crippen molar-refractivity contribution < 1.29 is 14.3 Å². The van der Waals surface area contributed by atoms with Gasteiger partial charge >= 0.3 is 6.09 Å². The Kier molecular flexibility index (Phi) is 9.87. The number of ether oxygens (including phenoxy) is 1. The third-order valence-electron chi connectivity index (χ3n) is 8.14. The van der Waals surface area contributed by atoms with Crippen LogP contribution in [0.1, 0.15) is 37.5 Å². The van der Waals surface area contributed by atoms with E-state index in [2.05, 4.69) is 104 Å². The van der Waals surface area contributed by atoms with Gasteiger partial charge in [-0.2, -0.15) is 0 Å². The molecule has 10 nitrogen and oxygen atoms in total. The molecule has 2 aliphatic rings. The number of nitrogens with one attached hydrogen (secondary N) is 3. The molecule has 0 radical (unpaired) electrons. The fraction of sp³-hybridized carbons (Fsp3) is 0.231. The van der Waals surface area contributed by atoms with Crippen molar-refractivity contribution in [2.75, 3.05) is 25.0 Å². The highest BCUT2D eigenvalue weighted by atomic mass is 16.6. The molecule has 10 heteroatoms. The summed E-state index contributed by atoms with van der Waals surface area (Å²) in [6.45, 7) is 7.09. The minimum Gasteiger partial charge on any atom is -0.443 e. The van der Waals surface area contributed by atoms with Gasteiger partial charge in [0, 0.05) is 25.5 Å². The van der Waals surface area contributed by atoms with E-state index in [1.54, 1.807) is 12.5 Å². The van der Waals surface area contributed by atoms with Crippen molar-refractivity contribution in [2.45, 2.75) is 38.1 Å². The largest absolute Gasteiger partial charge is 0.443 e. The molecule has 1 saturated heterocycles. The molecule has 3 N–H and O–H groups in total. The minimum atomic E-state index is -0.669. The molecule has 49 heavy (non-hydrogen) atoms. The monoisotopic (exact) mass is 655 g/mol. The normalized spacial score (nSPS) is 16.0. The predicted octanol–water partition coefficient (Wildman–Crippen LogP) is 6.04. The zero-order valence-corrected chi connectivity index (χ0v) is 27.9. The summed E-state index contributed by atoms with van der Waals surface area (Å²) in [6, 6.07) is 33.6. The molecule has 0 bridgehead atoms. The second-order valence-corrected chi connectivity index (χ2v) is 12.8. The molecule has 0 unspecified atom stereocenters. The van der Waals surface area contributed by atoms with Gasteiger partial charge in [-0.1, -0.05) is 103 Å². The Balaban J connectivity index is 0.000000271. The van der Waals surface area contributed by atoms with Gasteiger partial charge in [0.15, 0.2) is 0 Å². The van der Waals surface area contributed by atoms with Crippen molar-refractivity contribution in [3.8, 4) is 0 Å². The van der Waals surface area contributed by atoms with E-state index < -0.39 is 11.1 Å². The Morgan fingerprint density at radius 2 is 1.47 bits per heavy atom. The number of carbonyl (C=O) groups is 2. The number of anilines is 1. The fourth-order valence-electron chi connectivity index (χ4n) is 6.09. The summed E-state index contributed by atoms with van der Waals surface area (Å²) in [6.07, 6.45) is 10.4. The number of allylic oxidation sites excluding steroid dienone is 2. The summed E-state index contributed by atoms with van der Waals surface area (Å²) < 4.78 is 7.41. The molecule has 2 aromatic heterocycles. The van der Waals surface area contributed by atoms with Gasteiger partial charge < -0.3 is 25.3 Å². The number of carbonyl (C=O) groups excluding carboxylic acids is 2. The van der Waals surface area contributed by atoms with Crippen LogP contribution in [0.5, 0.6) is 0 Å². The zero-order chi connectivity index (χ0) is 34.3. The molecule has 2 amide bonds. The predicted molar refractivity (Wildman–Crippen MR) is 192 cm³/mol. The van der Waals surface area contributed by atoms with Crippen molar-refractivity contribution in [1.29, 1.82) is 0 Å². The lowest BCUT2D eigenvalue weighted by atomic mass is 9.76. The number of amides is 2. The van der Waals surface area contributed by atoms with Crippen LogP contribution in [-0.4, -0.2) is 62.8 Å². The van der Waals surface area contributed by atoms with Crippen LogP contribution in [-0.2, 0) is 15.1 Å². The number of nitrogens with zero attached hydrogens (tertiary/aromatic N) is 4. The first-order chi connectivity index (χ1) is 23.8. The lowest BCUT2D eigenvalue weighted by Crippen LogP contribution is -2.55. The number of hydrogen-bond donors (Lipinski definition) is 3. The first-order valence-corrected chi connectivity index (χ1v) is 16.3. The third kappa shape index (κ3) is 7.39. The van der Waals surface area contributed by atoms with Crippen molar-refractivity contribution in [1.82, 2.24) is 30.1 Å². The Labute approximate surface area is 286 Å². The third-order valence-corrected chi connectivity index (χ3v) is 8.14. The number of rotatable bonds is 6. The molecule has 1 atom stereocenters. The Hall–Kier alpha value is -5.74. The van der Waals surface area contributed by atoms with E-state index >= 15 is 0 Å². The van der Waals surface area contributed by atoms with Gasteiger partial charge in [0.25, 0.3) is 0 Å². The summed E-state index contributed by atoms with van der Waals surface area (Å²) in [5, 5.41) is 10.3. The fourth-order valence-corrected chi connectivity index (χ4v) is 6.09. The van der Waals surface area contributed by atoms with E-state index in [1.807, 2.05) is 63.3 Å². The summed E-state index contributed by atoms with van der Waals surface area (Å²) in [5.74, 6) is 0.633. The summed E-state index contributed by atoms with van der Waals surface area (Å²) in [4.78, 5) is 34.1. The van der Waals surface area contributed by atoms with Gasteiger partial charge in [0.1, 0.15) is 35.1 Å². The van der Waals surface area contributed by atoms with E-state index in [0.717, 1.165) is 27.7 Å². The highest BCUT2D eigenvalue weighted by Crippen LogP contribution is 2.43. The zero-order valence-electron chi connectivity index (χ0n) is 27.9. The quantitative estimate of drug-likeness (QED) is 0.191. The first-order valence-electron chi connectivity index (χ1n) is 16.3. The van der Waals surface area contributed by atoms with Crippen molar-refractivity contribution in [3.63, 3.8) is 0 Å². The van der Waals surface area contributed by atoms with E-state index in [0.29, 0.717) is 25.5 Å². The molecule has 7 rings (SSSR count). The van der Waals surface area contributed by atoms with Gasteiger partial charge in [-0.05, 0) is 49.6 Å². The standard InChI is InChI=1S/C29H26N6O.C10H15NO2/c36-26-19-30-18-25(33-26)34-27-24-16-17-35(28(24)32-20-31-27)29(21-10-4-1-5-11-21,22-12-6-2-7-13-22)23-14-8-3-9-15-23;1-10(2,3)13-9(12)11-7-5-4-6-8-11/h1-17,20,25,30H,18-19H2,(H,33,36)(H,31,32,34);4-7H,8H2,1-3H3/t25-;/m0./s1. The Bertz CT molecular complexity index is 1840. The van der Waals surface area contributed by atoms with E-state index in [9.17, 15) is 9.59 Å². The molecule has 0 aliphatic carbocycles. The molecule has 0 spiro atoms. The van der Waals surface area contributed by atoms with Crippen LogP contribution < -0.4 is 16.0 Å². The number of aromatic nitrogens is 3. The van der Waals surface area contributed by atoms with Gasteiger partial charge in [-0.3, -0.25) is 9.69 Å². The minimum absolute atomic E-state index is 0.0436. The van der Waals surface area contributed by atoms with Crippen LogP contribution in [0.3, 0.4) is 0 Å². The average molecular weight is 656 g/mol. The maximum Gasteiger partial charge on any atom is 0.414 e. The Morgan fingerprint density at radius 1 is 0.857 bits per heavy atom. The first kappa shape index (κ1) is 33.2. The SMILES string of the molecule is CC(C)(C)OC(=O)N1C=CC=CC1.O=C1CNC[C@H](Nc2ncnc3c2ccn3C(c2ccccc2)(c2ccccc2)c2ccccc2)N1. The molecular weight excluding hydrogens is 614 g/mol. The number of hydrogen-bond acceptors (Lipinski definition) is 7. The maximum atomic E-state index is 11.9. The van der Waals surface area contributed by atoms with Crippen LogP contribution >= 0.6 is 0 Å². The van der Waals surface area contributed by atoms with Gasteiger partial charge in [-0.25, -0.2) is 14.8 Å². The van der Waals surface area contributed by atoms with Gasteiger partial charge in [0.2, 0.25) is 5.91 Å². The van der Waals surface area contributed by atoms with Crippen LogP contribution in [0.25, 0.3) is 11.0 Å². The lowest BCUT2D eigenvalue weighted by Gasteiger charge is -2.38. The van der Waals surface area contributed by atoms with Crippen molar-refractivity contribution >= 4 is 28.9 Å². The summed E-state index contributed by atoms with van der Waals surface area (Å²) >= 11 is 0. The second kappa shape index (κ2) is 14.6. The lowest BCUT2D eigenvalue weighted by molar-refractivity contribution is -0.121. The molecule has 3 aromatic carbocycles. The average Bonchev–Trinajstić information content (AvgIpc) is 3.56. The Morgan fingerprint density at radius 3 is 2.00 bits per heavy atom. The maximum absolute atomic E-state index is 11.9. The van der Waals surface area contributed by atoms with E-state index in [4.69, 9.17) is 9.72 Å². The summed E-state index contributed by atoms with van der Waals surface area (Å²) in [5.41, 5.74) is 3.06. The van der Waals surface area contributed by atoms with Gasteiger partial charge in [0.05, 0.1) is 11.9 Å². The number of benzene rings is 3. The molecule has 5 aromatic rings. The van der Waals surface area contributed by atoms with Crippen LogP contribution in [0.2, 0.25) is 0 Å². The molecule has 4 heterocycles. The van der Waals surface area contributed by atoms with E-state index in [-0.39, 0.29) is 18.2 Å². The molecule has 2 aliphatic heterocycles. The van der Waals surface area contributed by atoms with Gasteiger partial charge in [-0.15, -0.1) is 0 Å². The topological polar surface area (TPSA) is 113 Å². The number of piperazine rings is 1. The highest BCUT2D eigenvalue weighted by Gasteiger charge is 2.39. The molecule has 0 saturated carbocycles. The molecule has 1 fully saturated rings. The van der Waals surface area contributed by atoms with Crippen LogP contribution in [0, 0.1) is 0 Å². The van der Waals surface area contributed by atoms with Crippen molar-refractivity contribution in [3.05, 3.63) is 151 Å². The van der Waals surface area contributed by atoms with Crippen LogP contribution in [0.15, 0.2) is 134 Å². The molecular formula is C39H41N7O3. The number of fused-ring (bicyclic) bond motifs is 1. The van der Waals surface area contributed by atoms with E-state index in [1.165, 1.54) is 4.90 Å². The van der Waals surface area contributed by atoms with Crippen LogP contribution in [0.4, 0.5) is 10.6 Å². The second-order valence-electron chi connectivity index (χ2n) is 12.8. The van der Waals surface area contributed by atoms with Crippen molar-refractivity contribution in [2.24, 2.45) is 0 Å². The highest BCUT2D eigenvalue weighted by molar-refractivity contribution is 5.89. The molecule has 250 valence electrons. The summed E-state index contributed by atoms with van der Waals surface area (Å²) in [7, 11) is 0. The smallest absolute Gasteiger partial charge is 0.414 e.